The van der Waals surface area contributed by atoms with Crippen LogP contribution in [0.25, 0.3) is 0 Å². The smallest absolute Gasteiger partial charge is 0.174 e. The number of nitroso groups, excluding NO2 is 1. The predicted octanol–water partition coefficient (Wildman–Crippen LogP) is -0.937. The summed E-state index contributed by atoms with van der Waals surface area (Å²) in [6, 6.07) is 0. The molecule has 0 heterocycles. The van der Waals surface area contributed by atoms with Crippen molar-refractivity contribution in [2.24, 2.45) is 5.18 Å². The summed E-state index contributed by atoms with van der Waals surface area (Å²) in [6.07, 6.45) is -1.58. The van der Waals surface area contributed by atoms with Crippen LogP contribution >= 0.6 is 0 Å². The van der Waals surface area contributed by atoms with Crippen LogP contribution in [0.4, 0.5) is 0 Å². The van der Waals surface area contributed by atoms with E-state index in [1.54, 1.807) is 0 Å². The predicted molar refractivity (Wildman–Crippen MR) is 18.9 cm³/mol. The third-order valence-corrected chi connectivity index (χ3v) is 0.238. The van der Waals surface area contributed by atoms with Crippen molar-refractivity contribution in [2.45, 2.75) is 6.29 Å². The van der Waals surface area contributed by atoms with Gasteiger partial charge in [0.1, 0.15) is 6.54 Å². The monoisotopic (exact) mass is 91.0 g/mol. The van der Waals surface area contributed by atoms with E-state index in [0.29, 0.717) is 0 Å². The summed E-state index contributed by atoms with van der Waals surface area (Å²) in [5.74, 6) is 0. The van der Waals surface area contributed by atoms with E-state index < -0.39 is 12.8 Å². The van der Waals surface area contributed by atoms with E-state index in [0.717, 1.165) is 0 Å². The lowest BCUT2D eigenvalue weighted by atomic mass is 10.7. The molecule has 0 fully saturated rings. The summed E-state index contributed by atoms with van der Waals surface area (Å²) in [4.78, 5) is 9.05. The van der Waals surface area contributed by atoms with Gasteiger partial charge >= 0.3 is 0 Å². The molecule has 4 nitrogen and oxygen atoms in total. The van der Waals surface area contributed by atoms with Crippen molar-refractivity contribution < 1.29 is 10.2 Å². The van der Waals surface area contributed by atoms with Gasteiger partial charge in [-0.15, -0.1) is 0 Å². The fraction of sp³-hybridized carbons (Fsp3) is 1.00. The van der Waals surface area contributed by atoms with Crippen molar-refractivity contribution in [3.05, 3.63) is 4.91 Å². The van der Waals surface area contributed by atoms with Crippen LogP contribution in [0.15, 0.2) is 5.18 Å². The van der Waals surface area contributed by atoms with Crippen LogP contribution in [0.1, 0.15) is 0 Å². The molecule has 36 valence electrons. The zero-order valence-corrected chi connectivity index (χ0v) is 3.03. The van der Waals surface area contributed by atoms with Gasteiger partial charge in [-0.3, -0.25) is 0 Å². The lowest BCUT2D eigenvalue weighted by molar-refractivity contribution is -0.0307. The standard InChI is InChI=1S/C2H5NO3/c4-2(5)1-3-6/h2,4-5H,1H2. The van der Waals surface area contributed by atoms with Crippen molar-refractivity contribution in [1.29, 1.82) is 0 Å². The molecule has 4 heteroatoms. The first-order valence-corrected chi connectivity index (χ1v) is 1.42. The van der Waals surface area contributed by atoms with Gasteiger partial charge in [-0.2, -0.15) is 4.91 Å². The van der Waals surface area contributed by atoms with Gasteiger partial charge in [0.25, 0.3) is 0 Å². The van der Waals surface area contributed by atoms with E-state index in [2.05, 4.69) is 5.18 Å². The highest BCUT2D eigenvalue weighted by Crippen LogP contribution is 1.71. The van der Waals surface area contributed by atoms with Crippen molar-refractivity contribution in [2.75, 3.05) is 6.54 Å². The second kappa shape index (κ2) is 2.74. The lowest BCUT2D eigenvalue weighted by Crippen LogP contribution is -2.06. The number of hydrogen-bond donors (Lipinski definition) is 2. The molecule has 0 amide bonds. The van der Waals surface area contributed by atoms with Gasteiger partial charge in [0.05, 0.1) is 0 Å². The van der Waals surface area contributed by atoms with Gasteiger partial charge in [-0.1, -0.05) is 5.18 Å². The van der Waals surface area contributed by atoms with E-state index in [1.807, 2.05) is 0 Å². The van der Waals surface area contributed by atoms with E-state index in [1.165, 1.54) is 0 Å². The van der Waals surface area contributed by atoms with Gasteiger partial charge in [-0.05, 0) is 0 Å². The van der Waals surface area contributed by atoms with E-state index in [9.17, 15) is 0 Å². The van der Waals surface area contributed by atoms with Gasteiger partial charge < -0.3 is 10.2 Å². The first-order chi connectivity index (χ1) is 2.77. The van der Waals surface area contributed by atoms with Crippen LogP contribution in [-0.2, 0) is 0 Å². The summed E-state index contributed by atoms with van der Waals surface area (Å²) in [5.41, 5.74) is 0. The molecule has 0 atom stereocenters. The quantitative estimate of drug-likeness (QED) is 0.340. The highest BCUT2D eigenvalue weighted by atomic mass is 16.5. The minimum atomic E-state index is -1.58. The second-order valence-electron chi connectivity index (χ2n) is 0.792. The normalized spacial score (nSPS) is 9.17. The maximum Gasteiger partial charge on any atom is 0.174 e. The first kappa shape index (κ1) is 5.52. The van der Waals surface area contributed by atoms with Crippen LogP contribution < -0.4 is 0 Å². The van der Waals surface area contributed by atoms with Crippen LogP contribution in [-0.4, -0.2) is 23.0 Å². The molecular formula is C2H5NO3. The largest absolute Gasteiger partial charge is 0.366 e. The van der Waals surface area contributed by atoms with E-state index in [-0.39, 0.29) is 0 Å². The molecular weight excluding hydrogens is 86.0 g/mol. The Hall–Kier alpha value is -0.480. The Kier molecular flexibility index (Phi) is 2.52. The Morgan fingerprint density at radius 1 is 1.67 bits per heavy atom. The van der Waals surface area contributed by atoms with E-state index >= 15 is 0 Å². The van der Waals surface area contributed by atoms with Crippen molar-refractivity contribution in [3.63, 3.8) is 0 Å². The molecule has 0 aliphatic carbocycles. The zero-order chi connectivity index (χ0) is 4.99. The molecule has 0 bridgehead atoms. The van der Waals surface area contributed by atoms with Gasteiger partial charge in [0, 0.05) is 0 Å². The third kappa shape index (κ3) is 3.52. The number of nitrogens with zero attached hydrogens (tertiary/aromatic N) is 1. The minimum absolute atomic E-state index is 0.444. The summed E-state index contributed by atoms with van der Waals surface area (Å²) < 4.78 is 0. The SMILES string of the molecule is O=NCC(O)O. The van der Waals surface area contributed by atoms with Gasteiger partial charge in [0.15, 0.2) is 6.29 Å². The molecule has 0 aromatic heterocycles. The molecule has 0 radical (unpaired) electrons. The zero-order valence-electron chi connectivity index (χ0n) is 3.03. The summed E-state index contributed by atoms with van der Waals surface area (Å²) in [5, 5.41) is 17.8. The van der Waals surface area contributed by atoms with Gasteiger partial charge in [0.2, 0.25) is 0 Å². The summed E-state index contributed by atoms with van der Waals surface area (Å²) in [7, 11) is 0. The Morgan fingerprint density at radius 2 is 2.17 bits per heavy atom. The topological polar surface area (TPSA) is 69.9 Å². The van der Waals surface area contributed by atoms with Crippen molar-refractivity contribution in [1.82, 2.24) is 0 Å². The molecule has 0 aliphatic heterocycles. The molecule has 0 aliphatic rings. The molecule has 0 aromatic rings. The molecule has 0 aromatic carbocycles. The van der Waals surface area contributed by atoms with Crippen LogP contribution in [0.5, 0.6) is 0 Å². The third-order valence-electron chi connectivity index (χ3n) is 0.238. The maximum absolute atomic E-state index is 9.05. The highest BCUT2D eigenvalue weighted by Gasteiger charge is 1.90. The highest BCUT2D eigenvalue weighted by molar-refractivity contribution is 4.37. The molecule has 0 unspecified atom stereocenters. The van der Waals surface area contributed by atoms with Crippen LogP contribution in [0, 0.1) is 4.91 Å². The van der Waals surface area contributed by atoms with Crippen molar-refractivity contribution >= 4 is 0 Å². The molecule has 6 heavy (non-hydrogen) atoms. The Balaban J connectivity index is 2.81. The molecule has 0 rings (SSSR count). The van der Waals surface area contributed by atoms with Crippen LogP contribution in [0.3, 0.4) is 0 Å². The van der Waals surface area contributed by atoms with Crippen LogP contribution in [0.2, 0.25) is 0 Å². The average Bonchev–Trinajstić information content (AvgIpc) is 1.35. The minimum Gasteiger partial charge on any atom is -0.366 e. The summed E-state index contributed by atoms with van der Waals surface area (Å²) in [6.45, 7) is -0.444. The lowest BCUT2D eigenvalue weighted by Gasteiger charge is -1.88. The van der Waals surface area contributed by atoms with Crippen molar-refractivity contribution in [3.8, 4) is 0 Å². The molecule has 0 saturated heterocycles. The molecule has 0 spiro atoms. The van der Waals surface area contributed by atoms with Gasteiger partial charge in [-0.25, -0.2) is 0 Å². The maximum atomic E-state index is 9.05. The second-order valence-corrected chi connectivity index (χ2v) is 0.792. The molecule has 0 saturated carbocycles. The Morgan fingerprint density at radius 3 is 2.17 bits per heavy atom. The fourth-order valence-electron chi connectivity index (χ4n) is 0.0667. The molecule has 2 N–H and O–H groups in total. The van der Waals surface area contributed by atoms with E-state index in [4.69, 9.17) is 15.1 Å². The summed E-state index contributed by atoms with van der Waals surface area (Å²) >= 11 is 0. The number of aliphatic hydroxyl groups is 2. The Labute approximate surface area is 34.4 Å². The number of aliphatic hydroxyl groups excluding tert-OH is 1. The number of rotatable bonds is 2. The first-order valence-electron chi connectivity index (χ1n) is 1.42. The Bertz CT molecular complexity index is 44.1. The fourth-order valence-corrected chi connectivity index (χ4v) is 0.0667. The average molecular weight is 91.1 g/mol. The number of hydrogen-bond acceptors (Lipinski definition) is 4.